The number of hydrogen-bond acceptors (Lipinski definition) is 4. The molecule has 1 fully saturated rings. The summed E-state index contributed by atoms with van der Waals surface area (Å²) in [5, 5.41) is 18.6. The van der Waals surface area contributed by atoms with Gasteiger partial charge < -0.3 is 19.8 Å². The minimum atomic E-state index is -1.63. The summed E-state index contributed by atoms with van der Waals surface area (Å²) in [7, 11) is 0. The van der Waals surface area contributed by atoms with Gasteiger partial charge in [-0.1, -0.05) is 0 Å². The van der Waals surface area contributed by atoms with Crippen LogP contribution in [-0.2, 0) is 9.59 Å². The molecule has 1 saturated carbocycles. The molecule has 1 aliphatic carbocycles. The minimum absolute atomic E-state index is 0. The molecule has 4 nitrogen and oxygen atoms in total. The van der Waals surface area contributed by atoms with Gasteiger partial charge >= 0.3 is 183 Å². The molecule has 0 radical (unpaired) electrons. The van der Waals surface area contributed by atoms with E-state index >= 15 is 0 Å². The molecule has 0 aliphatic heterocycles. The number of carbonyl (C=O) groups excluding carboxylic acids is 2. The van der Waals surface area contributed by atoms with Crippen molar-refractivity contribution in [3.63, 3.8) is 0 Å². The topological polar surface area (TPSA) is 80.3 Å². The van der Waals surface area contributed by atoms with E-state index in [2.05, 4.69) is 38.5 Å². The Morgan fingerprint density at radius 2 is 1.35 bits per heavy atom. The Morgan fingerprint density at radius 1 is 1.00 bits per heavy atom. The van der Waals surface area contributed by atoms with Crippen LogP contribution >= 0.6 is 0 Å². The third-order valence-electron chi connectivity index (χ3n) is 4.06. The zero-order valence-corrected chi connectivity index (χ0v) is 20.1. The van der Waals surface area contributed by atoms with Crippen LogP contribution in [0.5, 0.6) is 0 Å². The predicted molar refractivity (Wildman–Crippen MR) is 65.6 cm³/mol. The average molecular weight is 326 g/mol. The van der Waals surface area contributed by atoms with Crippen molar-refractivity contribution in [3.05, 3.63) is 0 Å². The third-order valence-corrected chi connectivity index (χ3v) is 4.06. The van der Waals surface area contributed by atoms with Crippen LogP contribution in [0.1, 0.15) is 59.3 Å². The maximum atomic E-state index is 9.28. The molecular weight excluding hydrogens is 305 g/mol. The summed E-state index contributed by atoms with van der Waals surface area (Å²) in [4.78, 5) is 18.6. The van der Waals surface area contributed by atoms with Crippen molar-refractivity contribution in [2.45, 2.75) is 63.4 Å². The molecule has 0 N–H and O–H groups in total. The Labute approximate surface area is 216 Å². The zero-order valence-electron chi connectivity index (χ0n) is 13.9. The van der Waals surface area contributed by atoms with Crippen molar-refractivity contribution in [1.29, 1.82) is 0 Å². The summed E-state index contributed by atoms with van der Waals surface area (Å²) < 4.78 is 0.616. The summed E-state index contributed by atoms with van der Waals surface area (Å²) in [6.07, 6.45) is 6.22. The molecule has 20 heavy (non-hydrogen) atoms. The summed E-state index contributed by atoms with van der Waals surface area (Å²) in [5.74, 6) is -3.25. The summed E-state index contributed by atoms with van der Waals surface area (Å²) in [6.45, 7) is 7.16. The second-order valence-electron chi connectivity index (χ2n) is 6.29. The van der Waals surface area contributed by atoms with E-state index in [1.54, 1.807) is 0 Å². The van der Waals surface area contributed by atoms with Crippen LogP contribution in [-0.4, -0.2) is 29.7 Å². The van der Waals surface area contributed by atoms with Gasteiger partial charge in [0.15, 0.2) is 0 Å². The molecule has 100 valence electrons. The molecule has 0 aromatic heterocycles. The number of hydrogen-bond donors (Lipinski definition) is 0. The van der Waals surface area contributed by atoms with E-state index in [1.807, 2.05) is 0 Å². The van der Waals surface area contributed by atoms with E-state index in [1.165, 1.54) is 32.1 Å². The normalized spacial score (nSPS) is 16.6. The summed E-state index contributed by atoms with van der Waals surface area (Å²) in [5.41, 5.74) is 0.507. The van der Waals surface area contributed by atoms with Crippen LogP contribution in [0.15, 0.2) is 0 Å². The van der Waals surface area contributed by atoms with Gasteiger partial charge in [0.25, 0.3) is 0 Å². The van der Waals surface area contributed by atoms with E-state index in [4.69, 9.17) is 0 Å². The number of carboxylic acid groups (broad SMARTS) is 2. The van der Waals surface area contributed by atoms with Gasteiger partial charge in [-0.25, -0.2) is 0 Å². The van der Waals surface area contributed by atoms with Gasteiger partial charge in [0.1, 0.15) is 0 Å². The number of carboxylic acids is 2. The third kappa shape index (κ3) is 12.3. The van der Waals surface area contributed by atoms with Crippen LogP contribution in [0, 0.1) is 5.41 Å². The molecule has 7 heteroatoms. The summed E-state index contributed by atoms with van der Waals surface area (Å²) >= 11 is 2.46. The number of carbonyl (C=O) groups is 2. The van der Waals surface area contributed by atoms with Crippen molar-refractivity contribution >= 4 is 29.7 Å². The molecule has 0 heterocycles. The Balaban J connectivity index is -0.000000286. The molecule has 0 aromatic carbocycles. The van der Waals surface area contributed by atoms with Crippen molar-refractivity contribution < 1.29 is 123 Å². The van der Waals surface area contributed by atoms with Gasteiger partial charge in [-0.15, -0.1) is 0 Å². The second kappa shape index (κ2) is 13.1. The first-order valence-corrected chi connectivity index (χ1v) is 6.48. The van der Waals surface area contributed by atoms with Crippen LogP contribution in [0.25, 0.3) is 0 Å². The van der Waals surface area contributed by atoms with E-state index in [0.29, 0.717) is 9.50 Å². The van der Waals surface area contributed by atoms with E-state index in [0.717, 1.165) is 0 Å². The number of rotatable bonds is 2. The standard InChI is InChI=1S/C10H19.C3H4O4.2K.Li/c1-10(2,3)9-7-5-4-6-8-9;4-2(5)1-3(6)7;;;/h4-8H2,1-3H3;1H2,(H,4,5)(H,6,7);;;/q;;2*+1;/p-2. The molecule has 0 spiro atoms. The molecule has 0 atom stereocenters. The van der Waals surface area contributed by atoms with E-state index in [9.17, 15) is 19.8 Å². The Hall–Kier alpha value is 2.81. The molecule has 1 aliphatic rings. The van der Waals surface area contributed by atoms with E-state index in [-0.39, 0.29) is 103 Å². The first-order chi connectivity index (χ1) is 8.08. The fraction of sp³-hybridized carbons (Fsp3) is 0.846. The molecule has 0 saturated heterocycles. The van der Waals surface area contributed by atoms with Gasteiger partial charge in [0.05, 0.1) is 0 Å². The SMILES string of the molecule is O=C([O-])CC(=O)[O-].[K+].[K+].[Li][C]1(C(C)(C)C)CCCCC1. The molecule has 0 bridgehead atoms. The Bertz CT molecular complexity index is 285. The van der Waals surface area contributed by atoms with E-state index < -0.39 is 18.4 Å². The second-order valence-corrected chi connectivity index (χ2v) is 6.29. The first-order valence-electron chi connectivity index (χ1n) is 6.48. The fourth-order valence-electron chi connectivity index (χ4n) is 2.20. The molecular formula is C13H21K2LiO4. The quantitative estimate of drug-likeness (QED) is 0.374. The number of aliphatic carboxylic acids is 2. The maximum absolute atomic E-state index is 9.28. The van der Waals surface area contributed by atoms with Crippen molar-refractivity contribution in [3.8, 4) is 0 Å². The average Bonchev–Trinajstić information content (AvgIpc) is 2.15. The molecule has 0 unspecified atom stereocenters. The van der Waals surface area contributed by atoms with Gasteiger partial charge in [-0.2, -0.15) is 0 Å². The van der Waals surface area contributed by atoms with Crippen LogP contribution < -0.4 is 113 Å². The van der Waals surface area contributed by atoms with Crippen LogP contribution in [0.2, 0.25) is 4.09 Å². The molecule has 1 rings (SSSR count). The molecule has 0 amide bonds. The Morgan fingerprint density at radius 3 is 1.50 bits per heavy atom. The zero-order chi connectivity index (χ0) is 14.4. The van der Waals surface area contributed by atoms with Gasteiger partial charge in [0, 0.05) is 18.4 Å². The van der Waals surface area contributed by atoms with Crippen molar-refractivity contribution in [1.82, 2.24) is 0 Å². The van der Waals surface area contributed by atoms with Gasteiger partial charge in [0.2, 0.25) is 0 Å². The predicted octanol–water partition coefficient (Wildman–Crippen LogP) is -5.79. The van der Waals surface area contributed by atoms with Crippen molar-refractivity contribution in [2.75, 3.05) is 0 Å². The molecule has 0 aromatic rings. The van der Waals surface area contributed by atoms with Crippen molar-refractivity contribution in [2.24, 2.45) is 5.41 Å². The fourth-order valence-corrected chi connectivity index (χ4v) is 2.20. The van der Waals surface area contributed by atoms with Crippen LogP contribution in [0.3, 0.4) is 0 Å². The summed E-state index contributed by atoms with van der Waals surface area (Å²) in [6, 6.07) is 0. The Kier molecular flexibility index (Phi) is 18.2. The monoisotopic (exact) mass is 326 g/mol. The van der Waals surface area contributed by atoms with Crippen LogP contribution in [0.4, 0.5) is 0 Å². The van der Waals surface area contributed by atoms with Gasteiger partial charge in [-0.3, -0.25) is 0 Å². The van der Waals surface area contributed by atoms with Gasteiger partial charge in [-0.05, 0) is 0 Å². The first kappa shape index (κ1) is 27.6.